The van der Waals surface area contributed by atoms with Crippen molar-refractivity contribution in [2.45, 2.75) is 26.7 Å². The van der Waals surface area contributed by atoms with Crippen LogP contribution in [0.3, 0.4) is 0 Å². The van der Waals surface area contributed by atoms with Gasteiger partial charge in [-0.05, 0) is 55.5 Å². The van der Waals surface area contributed by atoms with Gasteiger partial charge in [-0.1, -0.05) is 18.2 Å². The summed E-state index contributed by atoms with van der Waals surface area (Å²) in [6.45, 7) is 5.69. The summed E-state index contributed by atoms with van der Waals surface area (Å²) in [6, 6.07) is 10.5. The molecule has 0 fully saturated rings. The predicted octanol–water partition coefficient (Wildman–Crippen LogP) is 2.66. The lowest BCUT2D eigenvalue weighted by atomic mass is 10.1. The number of guanidine groups is 1. The molecule has 0 saturated heterocycles. The van der Waals surface area contributed by atoms with Crippen LogP contribution in [0.5, 0.6) is 5.75 Å². The Labute approximate surface area is 150 Å². The van der Waals surface area contributed by atoms with Crippen molar-refractivity contribution in [3.05, 3.63) is 58.9 Å². The molecule has 2 N–H and O–H groups in total. The van der Waals surface area contributed by atoms with Gasteiger partial charge in [-0.15, -0.1) is 0 Å². The number of hydrogen-bond donors (Lipinski definition) is 2. The van der Waals surface area contributed by atoms with Gasteiger partial charge in [0.05, 0.1) is 7.11 Å². The molecule has 2 rings (SSSR count). The molecule has 0 bridgehead atoms. The monoisotopic (exact) mass is 340 g/mol. The summed E-state index contributed by atoms with van der Waals surface area (Å²) >= 11 is 0. The fraction of sp³-hybridized carbons (Fsp3) is 0.400. The summed E-state index contributed by atoms with van der Waals surface area (Å²) in [5, 5.41) is 6.68. The number of aliphatic imine (C=N–C) groups is 1. The molecule has 0 aliphatic heterocycles. The molecule has 0 aliphatic rings. The third-order valence-corrected chi connectivity index (χ3v) is 4.08. The molecule has 5 nitrogen and oxygen atoms in total. The van der Waals surface area contributed by atoms with Gasteiger partial charge in [-0.25, -0.2) is 0 Å². The molecule has 134 valence electrons. The van der Waals surface area contributed by atoms with Gasteiger partial charge in [0.25, 0.3) is 0 Å². The second kappa shape index (κ2) is 9.67. The number of nitrogens with zero attached hydrogens (tertiary/aromatic N) is 2. The molecule has 0 spiro atoms. The highest BCUT2D eigenvalue weighted by molar-refractivity contribution is 5.79. The topological polar surface area (TPSA) is 58.5 Å². The Kier molecular flexibility index (Phi) is 7.26. The van der Waals surface area contributed by atoms with Gasteiger partial charge in [0, 0.05) is 32.0 Å². The molecule has 0 unspecified atom stereocenters. The summed E-state index contributed by atoms with van der Waals surface area (Å²) in [4.78, 5) is 8.58. The summed E-state index contributed by atoms with van der Waals surface area (Å²) in [5.74, 6) is 1.76. The Morgan fingerprint density at radius 2 is 1.72 bits per heavy atom. The molecule has 1 aromatic carbocycles. The van der Waals surface area contributed by atoms with Crippen LogP contribution in [0.15, 0.2) is 41.5 Å². The average molecular weight is 340 g/mol. The number of pyridine rings is 1. The first-order valence-electron chi connectivity index (χ1n) is 8.62. The van der Waals surface area contributed by atoms with E-state index < -0.39 is 0 Å². The van der Waals surface area contributed by atoms with E-state index in [1.54, 1.807) is 14.2 Å². The van der Waals surface area contributed by atoms with Crippen LogP contribution in [0.25, 0.3) is 0 Å². The highest BCUT2D eigenvalue weighted by Gasteiger charge is 2.02. The minimum atomic E-state index is 0.817. The number of nitrogens with one attached hydrogen (secondary N) is 2. The number of hydrogen-bond acceptors (Lipinski definition) is 3. The number of rotatable bonds is 7. The van der Waals surface area contributed by atoms with E-state index >= 15 is 0 Å². The van der Waals surface area contributed by atoms with E-state index in [1.807, 2.05) is 19.2 Å². The normalized spacial score (nSPS) is 11.3. The van der Waals surface area contributed by atoms with Crippen LogP contribution < -0.4 is 15.4 Å². The molecule has 0 aliphatic carbocycles. The molecule has 2 aromatic rings. The average Bonchev–Trinajstić information content (AvgIpc) is 2.63. The molecule has 25 heavy (non-hydrogen) atoms. The minimum absolute atomic E-state index is 0.817. The number of methoxy groups -OCH3 is 1. The lowest BCUT2D eigenvalue weighted by molar-refractivity contribution is 0.411. The van der Waals surface area contributed by atoms with Gasteiger partial charge in [0.2, 0.25) is 0 Å². The van der Waals surface area contributed by atoms with Crippen LogP contribution in [0.4, 0.5) is 0 Å². The quantitative estimate of drug-likeness (QED) is 0.601. The van der Waals surface area contributed by atoms with Gasteiger partial charge < -0.3 is 15.4 Å². The van der Waals surface area contributed by atoms with Gasteiger partial charge in [0.1, 0.15) is 5.75 Å². The summed E-state index contributed by atoms with van der Waals surface area (Å²) < 4.78 is 5.38. The van der Waals surface area contributed by atoms with Crippen LogP contribution in [0.1, 0.15) is 22.4 Å². The van der Waals surface area contributed by atoms with Crippen molar-refractivity contribution in [3.8, 4) is 5.75 Å². The van der Waals surface area contributed by atoms with Crippen molar-refractivity contribution in [1.82, 2.24) is 15.6 Å². The van der Waals surface area contributed by atoms with E-state index in [4.69, 9.17) is 4.74 Å². The van der Waals surface area contributed by atoms with Crippen molar-refractivity contribution in [2.75, 3.05) is 27.2 Å². The Hall–Kier alpha value is -2.56. The molecule has 0 atom stereocenters. The second-order valence-corrected chi connectivity index (χ2v) is 6.04. The molecule has 1 heterocycles. The lowest BCUT2D eigenvalue weighted by Gasteiger charge is -2.12. The Bertz CT molecular complexity index is 695. The highest BCUT2D eigenvalue weighted by atomic mass is 16.5. The van der Waals surface area contributed by atoms with Gasteiger partial charge in [-0.3, -0.25) is 9.98 Å². The number of aryl methyl sites for hydroxylation is 2. The van der Waals surface area contributed by atoms with E-state index in [9.17, 15) is 0 Å². The van der Waals surface area contributed by atoms with Crippen LogP contribution in [-0.2, 0) is 12.8 Å². The first kappa shape index (κ1) is 18.8. The van der Waals surface area contributed by atoms with Crippen LogP contribution in [-0.4, -0.2) is 38.2 Å². The van der Waals surface area contributed by atoms with Gasteiger partial charge >= 0.3 is 0 Å². The summed E-state index contributed by atoms with van der Waals surface area (Å²) in [7, 11) is 3.50. The standard InChI is InChI=1S/C20H28N4O/c1-15-5-7-17(13-19(15)25-4)9-11-22-20(21-3)23-12-10-18-8-6-16(2)24-14-18/h5-8,13-14H,9-12H2,1-4H3,(H2,21,22,23). The maximum atomic E-state index is 5.38. The highest BCUT2D eigenvalue weighted by Crippen LogP contribution is 2.18. The molecule has 0 saturated carbocycles. The third kappa shape index (κ3) is 6.10. The molecular weight excluding hydrogens is 312 g/mol. The van der Waals surface area contributed by atoms with E-state index in [0.717, 1.165) is 48.9 Å². The van der Waals surface area contributed by atoms with E-state index in [-0.39, 0.29) is 0 Å². The van der Waals surface area contributed by atoms with Crippen LogP contribution >= 0.6 is 0 Å². The predicted molar refractivity (Wildman–Crippen MR) is 103 cm³/mol. The van der Waals surface area contributed by atoms with Crippen molar-refractivity contribution >= 4 is 5.96 Å². The van der Waals surface area contributed by atoms with E-state index in [1.165, 1.54) is 11.1 Å². The van der Waals surface area contributed by atoms with E-state index in [0.29, 0.717) is 0 Å². The van der Waals surface area contributed by atoms with Crippen LogP contribution in [0.2, 0.25) is 0 Å². The zero-order valence-corrected chi connectivity index (χ0v) is 15.6. The zero-order chi connectivity index (χ0) is 18.1. The summed E-state index contributed by atoms with van der Waals surface area (Å²) in [6.07, 6.45) is 3.76. The molecule has 5 heteroatoms. The van der Waals surface area contributed by atoms with Crippen molar-refractivity contribution in [1.29, 1.82) is 0 Å². The lowest BCUT2D eigenvalue weighted by Crippen LogP contribution is -2.39. The first-order chi connectivity index (χ1) is 12.1. The Morgan fingerprint density at radius 3 is 2.32 bits per heavy atom. The molecular formula is C20H28N4O. The number of aromatic nitrogens is 1. The minimum Gasteiger partial charge on any atom is -0.496 e. The zero-order valence-electron chi connectivity index (χ0n) is 15.6. The van der Waals surface area contributed by atoms with Crippen molar-refractivity contribution < 1.29 is 4.74 Å². The van der Waals surface area contributed by atoms with Gasteiger partial charge in [-0.2, -0.15) is 0 Å². The van der Waals surface area contributed by atoms with Crippen molar-refractivity contribution in [3.63, 3.8) is 0 Å². The Balaban J connectivity index is 1.74. The Morgan fingerprint density at radius 1 is 1.04 bits per heavy atom. The number of ether oxygens (including phenoxy) is 1. The van der Waals surface area contributed by atoms with Crippen LogP contribution in [0, 0.1) is 13.8 Å². The maximum absolute atomic E-state index is 5.38. The fourth-order valence-corrected chi connectivity index (χ4v) is 2.54. The van der Waals surface area contributed by atoms with E-state index in [2.05, 4.69) is 51.8 Å². The molecule has 0 amide bonds. The molecule has 1 aromatic heterocycles. The maximum Gasteiger partial charge on any atom is 0.190 e. The summed E-state index contributed by atoms with van der Waals surface area (Å²) in [5.41, 5.74) is 4.67. The molecule has 0 radical (unpaired) electrons. The second-order valence-electron chi connectivity index (χ2n) is 6.04. The van der Waals surface area contributed by atoms with Crippen molar-refractivity contribution in [2.24, 2.45) is 4.99 Å². The number of benzene rings is 1. The third-order valence-electron chi connectivity index (χ3n) is 4.08. The largest absolute Gasteiger partial charge is 0.496 e. The fourth-order valence-electron chi connectivity index (χ4n) is 2.54. The first-order valence-corrected chi connectivity index (χ1v) is 8.62. The van der Waals surface area contributed by atoms with Gasteiger partial charge in [0.15, 0.2) is 5.96 Å². The SMILES string of the molecule is CN=C(NCCc1ccc(C)nc1)NCCc1ccc(C)c(OC)c1. The smallest absolute Gasteiger partial charge is 0.190 e.